The molecule has 0 unspecified atom stereocenters. The van der Waals surface area contributed by atoms with Gasteiger partial charge in [0, 0.05) is 19.3 Å². The Balaban J connectivity index is 2.17. The van der Waals surface area contributed by atoms with E-state index >= 15 is 0 Å². The van der Waals surface area contributed by atoms with Crippen molar-refractivity contribution in [3.63, 3.8) is 0 Å². The Bertz CT molecular complexity index is 380. The summed E-state index contributed by atoms with van der Waals surface area (Å²) in [5.41, 5.74) is 7.29. The molecule has 16 heavy (non-hydrogen) atoms. The molecule has 0 aliphatic carbocycles. The van der Waals surface area contributed by atoms with E-state index in [1.54, 1.807) is 6.20 Å². The molecule has 1 aliphatic heterocycles. The van der Waals surface area contributed by atoms with Gasteiger partial charge in [0.1, 0.15) is 0 Å². The summed E-state index contributed by atoms with van der Waals surface area (Å²) in [4.78, 5) is 6.48. The van der Waals surface area contributed by atoms with Crippen molar-refractivity contribution in [1.29, 1.82) is 0 Å². The molecule has 3 N–H and O–H groups in total. The number of piperidine rings is 1. The van der Waals surface area contributed by atoms with E-state index in [9.17, 15) is 5.11 Å². The highest BCUT2D eigenvalue weighted by atomic mass is 16.3. The molecule has 1 aromatic rings. The van der Waals surface area contributed by atoms with E-state index in [0.717, 1.165) is 43.0 Å². The van der Waals surface area contributed by atoms with Crippen LogP contribution in [0.4, 0.5) is 11.5 Å². The van der Waals surface area contributed by atoms with Gasteiger partial charge in [-0.3, -0.25) is 0 Å². The quantitative estimate of drug-likeness (QED) is 0.751. The maximum atomic E-state index is 9.88. The van der Waals surface area contributed by atoms with E-state index in [4.69, 9.17) is 5.73 Å². The highest BCUT2D eigenvalue weighted by Crippen LogP contribution is 2.29. The van der Waals surface area contributed by atoms with Gasteiger partial charge in [-0.05, 0) is 38.3 Å². The highest BCUT2D eigenvalue weighted by Gasteiger charge is 2.28. The maximum Gasteiger partial charge on any atom is 0.152 e. The van der Waals surface area contributed by atoms with Crippen LogP contribution >= 0.6 is 0 Å². The predicted molar refractivity (Wildman–Crippen MR) is 65.5 cm³/mol. The Morgan fingerprint density at radius 2 is 2.06 bits per heavy atom. The van der Waals surface area contributed by atoms with Gasteiger partial charge in [-0.2, -0.15) is 0 Å². The van der Waals surface area contributed by atoms with E-state index < -0.39 is 5.60 Å². The predicted octanol–water partition coefficient (Wildman–Crippen LogP) is 1.32. The first kappa shape index (κ1) is 11.2. The second-order valence-corrected chi connectivity index (χ2v) is 4.85. The molecule has 0 radical (unpaired) electrons. The van der Waals surface area contributed by atoms with Crippen LogP contribution < -0.4 is 10.6 Å². The second kappa shape index (κ2) is 3.94. The molecule has 1 aromatic heterocycles. The third-order valence-corrected chi connectivity index (χ3v) is 3.33. The molecule has 0 aromatic carbocycles. The van der Waals surface area contributed by atoms with E-state index in [2.05, 4.69) is 9.88 Å². The third kappa shape index (κ3) is 2.11. The minimum absolute atomic E-state index is 0.533. The lowest BCUT2D eigenvalue weighted by Crippen LogP contribution is -2.43. The van der Waals surface area contributed by atoms with Crippen molar-refractivity contribution in [3.8, 4) is 0 Å². The van der Waals surface area contributed by atoms with Crippen LogP contribution in [0.15, 0.2) is 12.3 Å². The van der Waals surface area contributed by atoms with Crippen molar-refractivity contribution < 1.29 is 5.11 Å². The number of hydrogen-bond donors (Lipinski definition) is 2. The fourth-order valence-electron chi connectivity index (χ4n) is 2.01. The Morgan fingerprint density at radius 3 is 2.69 bits per heavy atom. The number of aryl methyl sites for hydroxylation is 1. The first-order valence-corrected chi connectivity index (χ1v) is 5.68. The Labute approximate surface area is 96.1 Å². The van der Waals surface area contributed by atoms with Crippen molar-refractivity contribution in [2.75, 3.05) is 23.7 Å². The smallest absolute Gasteiger partial charge is 0.152 e. The number of rotatable bonds is 1. The van der Waals surface area contributed by atoms with E-state index in [1.807, 2.05) is 19.9 Å². The van der Waals surface area contributed by atoms with Crippen molar-refractivity contribution >= 4 is 11.5 Å². The minimum Gasteiger partial charge on any atom is -0.396 e. The van der Waals surface area contributed by atoms with Crippen molar-refractivity contribution in [2.45, 2.75) is 32.3 Å². The van der Waals surface area contributed by atoms with Gasteiger partial charge in [-0.15, -0.1) is 0 Å². The molecule has 2 rings (SSSR count). The van der Waals surface area contributed by atoms with E-state index in [1.165, 1.54) is 0 Å². The Morgan fingerprint density at radius 1 is 1.44 bits per heavy atom. The summed E-state index contributed by atoms with van der Waals surface area (Å²) < 4.78 is 0. The first-order valence-electron chi connectivity index (χ1n) is 5.68. The molecule has 0 bridgehead atoms. The van der Waals surface area contributed by atoms with Crippen molar-refractivity contribution in [1.82, 2.24) is 4.98 Å². The topological polar surface area (TPSA) is 62.4 Å². The Kier molecular flexibility index (Phi) is 2.76. The standard InChI is InChI=1S/C12H19N3O/c1-9-3-6-14-11(10(9)13)15-7-4-12(2,16)5-8-15/h3,6,16H,4-5,7-8,13H2,1-2H3. The maximum absolute atomic E-state index is 9.88. The zero-order valence-electron chi connectivity index (χ0n) is 9.90. The van der Waals surface area contributed by atoms with Gasteiger partial charge in [0.15, 0.2) is 5.82 Å². The van der Waals surface area contributed by atoms with E-state index in [-0.39, 0.29) is 0 Å². The summed E-state index contributed by atoms with van der Waals surface area (Å²) in [6, 6.07) is 1.92. The number of nitrogens with zero attached hydrogens (tertiary/aromatic N) is 2. The number of nitrogens with two attached hydrogens (primary N) is 1. The van der Waals surface area contributed by atoms with Gasteiger partial charge in [0.25, 0.3) is 0 Å². The SMILES string of the molecule is Cc1ccnc(N2CCC(C)(O)CC2)c1N. The van der Waals surface area contributed by atoms with Crippen molar-refractivity contribution in [2.24, 2.45) is 0 Å². The molecule has 1 fully saturated rings. The zero-order valence-corrected chi connectivity index (χ0v) is 9.90. The highest BCUT2D eigenvalue weighted by molar-refractivity contribution is 5.66. The van der Waals surface area contributed by atoms with Gasteiger partial charge >= 0.3 is 0 Å². The summed E-state index contributed by atoms with van der Waals surface area (Å²) in [7, 11) is 0. The van der Waals surface area contributed by atoms with Crippen LogP contribution in [0.1, 0.15) is 25.3 Å². The van der Waals surface area contributed by atoms with Crippen LogP contribution in [-0.4, -0.2) is 28.8 Å². The van der Waals surface area contributed by atoms with Crippen LogP contribution in [0.5, 0.6) is 0 Å². The normalized spacial score (nSPS) is 19.8. The number of nitrogen functional groups attached to an aromatic ring is 1. The summed E-state index contributed by atoms with van der Waals surface area (Å²) >= 11 is 0. The average molecular weight is 221 g/mol. The van der Waals surface area contributed by atoms with Crippen LogP contribution in [0.25, 0.3) is 0 Å². The zero-order chi connectivity index (χ0) is 11.8. The molecular formula is C12H19N3O. The van der Waals surface area contributed by atoms with Gasteiger partial charge in [0.05, 0.1) is 11.3 Å². The van der Waals surface area contributed by atoms with Gasteiger partial charge in [-0.1, -0.05) is 0 Å². The molecule has 4 heteroatoms. The number of anilines is 2. The van der Waals surface area contributed by atoms with Gasteiger partial charge < -0.3 is 15.7 Å². The summed E-state index contributed by atoms with van der Waals surface area (Å²) in [6.45, 7) is 5.50. The monoisotopic (exact) mass is 221 g/mol. The van der Waals surface area contributed by atoms with E-state index in [0.29, 0.717) is 0 Å². The fourth-order valence-corrected chi connectivity index (χ4v) is 2.01. The molecule has 1 saturated heterocycles. The average Bonchev–Trinajstić information content (AvgIpc) is 2.23. The second-order valence-electron chi connectivity index (χ2n) is 4.85. The lowest BCUT2D eigenvalue weighted by molar-refractivity contribution is 0.0350. The summed E-state index contributed by atoms with van der Waals surface area (Å²) in [5.74, 6) is 0.857. The summed E-state index contributed by atoms with van der Waals surface area (Å²) in [6.07, 6.45) is 3.32. The van der Waals surface area contributed by atoms with Crippen molar-refractivity contribution in [3.05, 3.63) is 17.8 Å². The third-order valence-electron chi connectivity index (χ3n) is 3.33. The van der Waals surface area contributed by atoms with Crippen LogP contribution in [0.3, 0.4) is 0 Å². The first-order chi connectivity index (χ1) is 7.49. The fraction of sp³-hybridized carbons (Fsp3) is 0.583. The molecular weight excluding hydrogens is 202 g/mol. The van der Waals surface area contributed by atoms with Gasteiger partial charge in [-0.25, -0.2) is 4.98 Å². The molecule has 0 atom stereocenters. The molecule has 0 saturated carbocycles. The number of aromatic nitrogens is 1. The van der Waals surface area contributed by atoms with Gasteiger partial charge in [0.2, 0.25) is 0 Å². The molecule has 1 aliphatic rings. The number of aliphatic hydroxyl groups is 1. The number of hydrogen-bond acceptors (Lipinski definition) is 4. The minimum atomic E-state index is -0.533. The lowest BCUT2D eigenvalue weighted by atomic mass is 9.94. The largest absolute Gasteiger partial charge is 0.396 e. The number of pyridine rings is 1. The molecule has 2 heterocycles. The molecule has 88 valence electrons. The molecule has 4 nitrogen and oxygen atoms in total. The Hall–Kier alpha value is -1.29. The van der Waals surface area contributed by atoms with Crippen LogP contribution in [-0.2, 0) is 0 Å². The van der Waals surface area contributed by atoms with Crippen LogP contribution in [0, 0.1) is 6.92 Å². The summed E-state index contributed by atoms with van der Waals surface area (Å²) in [5, 5.41) is 9.88. The molecule has 0 amide bonds. The van der Waals surface area contributed by atoms with Crippen LogP contribution in [0.2, 0.25) is 0 Å². The lowest BCUT2D eigenvalue weighted by Gasteiger charge is -2.37. The molecule has 0 spiro atoms.